The lowest BCUT2D eigenvalue weighted by Gasteiger charge is -2.56. The van der Waals surface area contributed by atoms with Crippen molar-refractivity contribution in [1.29, 1.82) is 0 Å². The Kier molecular flexibility index (Phi) is 8.64. The Hall–Kier alpha value is -2.53. The Labute approximate surface area is 198 Å². The van der Waals surface area contributed by atoms with Crippen molar-refractivity contribution in [2.24, 2.45) is 23.5 Å². The van der Waals surface area contributed by atoms with Crippen LogP contribution in [0.5, 0.6) is 0 Å². The Bertz CT molecular complexity index is 873. The van der Waals surface area contributed by atoms with Crippen LogP contribution in [-0.2, 0) is 24.7 Å². The lowest BCUT2D eigenvalue weighted by molar-refractivity contribution is -0.174. The van der Waals surface area contributed by atoms with Crippen LogP contribution < -0.4 is 5.73 Å². The minimum absolute atomic E-state index is 0.295. The molecule has 2 heterocycles. The smallest absolute Gasteiger partial charge is 0.333 e. The molecule has 10 heteroatoms. The first-order valence-corrected chi connectivity index (χ1v) is 11.6. The van der Waals surface area contributed by atoms with Crippen LogP contribution in [0.4, 0.5) is 0 Å². The minimum atomic E-state index is -1.79. The summed E-state index contributed by atoms with van der Waals surface area (Å²) < 4.78 is 11.6. The molecule has 0 spiro atoms. The van der Waals surface area contributed by atoms with E-state index in [4.69, 9.17) is 30.5 Å². The molecule has 0 aromatic heterocycles. The van der Waals surface area contributed by atoms with Gasteiger partial charge in [-0.1, -0.05) is 18.6 Å². The number of benzene rings is 1. The number of aliphatic carboxylic acids is 2. The molecule has 3 aliphatic rings. The number of carbonyl (C=O) groups is 3. The topological polar surface area (TPSA) is 160 Å². The number of nitrogens with zero attached hydrogens (tertiary/aromatic N) is 1. The highest BCUT2D eigenvalue weighted by molar-refractivity contribution is 5.93. The number of carboxylic acids is 2. The number of aliphatic hydroxyl groups is 1. The van der Waals surface area contributed by atoms with Crippen LogP contribution in [0, 0.1) is 17.8 Å². The number of hydrogen-bond acceptors (Lipinski definition) is 7. The zero-order chi connectivity index (χ0) is 24.9. The zero-order valence-corrected chi connectivity index (χ0v) is 19.4. The van der Waals surface area contributed by atoms with Crippen molar-refractivity contribution in [1.82, 2.24) is 4.90 Å². The van der Waals surface area contributed by atoms with Crippen LogP contribution in [0.1, 0.15) is 41.6 Å². The fourth-order valence-corrected chi connectivity index (χ4v) is 5.52. The van der Waals surface area contributed by atoms with Crippen LogP contribution in [-0.4, -0.2) is 84.1 Å². The van der Waals surface area contributed by atoms with E-state index in [-0.39, 0.29) is 11.5 Å². The van der Waals surface area contributed by atoms with Gasteiger partial charge in [0.2, 0.25) is 5.91 Å². The summed E-state index contributed by atoms with van der Waals surface area (Å²) in [4.78, 5) is 33.7. The van der Waals surface area contributed by atoms with E-state index in [1.807, 2.05) is 19.2 Å². The summed E-state index contributed by atoms with van der Waals surface area (Å²) in [6.45, 7) is 5.06. The molecule has 1 saturated carbocycles. The molecular weight excluding hydrogens is 444 g/mol. The first-order chi connectivity index (χ1) is 16.2. The number of likely N-dealkylation sites (tertiary alicyclic amines) is 1. The third kappa shape index (κ3) is 5.75. The molecule has 188 valence electrons. The lowest BCUT2D eigenvalue weighted by Crippen LogP contribution is -2.60. The summed E-state index contributed by atoms with van der Waals surface area (Å²) in [5.41, 5.74) is 6.90. The number of amides is 1. The van der Waals surface area contributed by atoms with Gasteiger partial charge in [0.1, 0.15) is 5.60 Å². The van der Waals surface area contributed by atoms with Gasteiger partial charge < -0.3 is 35.4 Å². The normalized spacial score (nSPS) is 27.6. The molecule has 0 radical (unpaired) electrons. The molecule has 1 aliphatic carbocycles. The van der Waals surface area contributed by atoms with Gasteiger partial charge in [-0.15, -0.1) is 0 Å². The maximum Gasteiger partial charge on any atom is 0.333 e. The van der Waals surface area contributed by atoms with Gasteiger partial charge in [-0.25, -0.2) is 4.79 Å². The Balaban J connectivity index is 0.000000309. The van der Waals surface area contributed by atoms with Gasteiger partial charge in [-0.2, -0.15) is 0 Å². The SMILES string of the molecule is COC1(c2cccc(C(N)=O)c2)[C@@H]2CCC[C@H]1CN(CC1COC1)C2.O=C(O)C[C@H](O)C(=O)O. The monoisotopic (exact) mass is 478 g/mol. The van der Waals surface area contributed by atoms with E-state index >= 15 is 0 Å². The molecule has 4 rings (SSSR count). The molecule has 2 saturated heterocycles. The number of rotatable bonds is 8. The number of methoxy groups -OCH3 is 1. The molecule has 34 heavy (non-hydrogen) atoms. The largest absolute Gasteiger partial charge is 0.481 e. The van der Waals surface area contributed by atoms with E-state index in [1.54, 1.807) is 6.07 Å². The highest BCUT2D eigenvalue weighted by Gasteiger charge is 2.53. The minimum Gasteiger partial charge on any atom is -0.481 e. The van der Waals surface area contributed by atoms with Crippen molar-refractivity contribution in [3.8, 4) is 0 Å². The summed E-state index contributed by atoms with van der Waals surface area (Å²) >= 11 is 0. The van der Waals surface area contributed by atoms with Crippen LogP contribution in [0.15, 0.2) is 24.3 Å². The third-order valence-electron chi connectivity index (χ3n) is 7.09. The van der Waals surface area contributed by atoms with Gasteiger partial charge in [-0.05, 0) is 30.5 Å². The van der Waals surface area contributed by atoms with Gasteiger partial charge >= 0.3 is 11.9 Å². The van der Waals surface area contributed by atoms with Crippen molar-refractivity contribution < 1.29 is 39.2 Å². The number of carboxylic acid groups (broad SMARTS) is 2. The molecule has 2 bridgehead atoms. The number of piperidine rings is 1. The molecule has 1 aromatic carbocycles. The summed E-state index contributed by atoms with van der Waals surface area (Å²) in [7, 11) is 1.83. The molecule has 10 nitrogen and oxygen atoms in total. The average molecular weight is 479 g/mol. The van der Waals surface area contributed by atoms with E-state index in [0.29, 0.717) is 23.3 Å². The van der Waals surface area contributed by atoms with Crippen molar-refractivity contribution in [2.45, 2.75) is 37.4 Å². The molecule has 4 atom stereocenters. The van der Waals surface area contributed by atoms with Crippen LogP contribution in [0.25, 0.3) is 0 Å². The fourth-order valence-electron chi connectivity index (χ4n) is 5.52. The van der Waals surface area contributed by atoms with Gasteiger partial charge in [-0.3, -0.25) is 9.59 Å². The van der Waals surface area contributed by atoms with E-state index < -0.39 is 24.5 Å². The summed E-state index contributed by atoms with van der Waals surface area (Å²) in [6, 6.07) is 7.78. The summed E-state index contributed by atoms with van der Waals surface area (Å²) in [5.74, 6) is -1.62. The van der Waals surface area contributed by atoms with E-state index in [1.165, 1.54) is 19.3 Å². The van der Waals surface area contributed by atoms with E-state index in [9.17, 15) is 14.4 Å². The van der Waals surface area contributed by atoms with Crippen LogP contribution in [0.2, 0.25) is 0 Å². The van der Waals surface area contributed by atoms with Crippen molar-refractivity contribution in [3.63, 3.8) is 0 Å². The van der Waals surface area contributed by atoms with Gasteiger partial charge in [0, 0.05) is 50.1 Å². The second kappa shape index (κ2) is 11.3. The molecule has 1 amide bonds. The third-order valence-corrected chi connectivity index (χ3v) is 7.09. The number of aliphatic hydroxyl groups excluding tert-OH is 1. The quantitative estimate of drug-likeness (QED) is 0.426. The summed E-state index contributed by atoms with van der Waals surface area (Å²) in [5, 5.41) is 24.1. The number of hydrogen-bond donors (Lipinski definition) is 4. The van der Waals surface area contributed by atoms with Gasteiger partial charge in [0.05, 0.1) is 19.6 Å². The van der Waals surface area contributed by atoms with E-state index in [2.05, 4.69) is 11.0 Å². The number of nitrogens with two attached hydrogens (primary N) is 1. The standard InChI is InChI=1S/C20H28N2O3.C4H6O5/c1-24-20(16-5-2-4-15(8-16)19(21)23)17-6-3-7-18(20)11-22(10-17)9-14-12-25-13-14;5-2(4(8)9)1-3(6)7/h2,4-5,8,14,17-18H,3,6-7,9-13H2,1H3,(H2,21,23);2,5H,1H2,(H,6,7)(H,8,9)/t17-,18+,20?;2-/m.0/s1. The highest BCUT2D eigenvalue weighted by Crippen LogP contribution is 2.51. The van der Waals surface area contributed by atoms with E-state index in [0.717, 1.165) is 38.4 Å². The highest BCUT2D eigenvalue weighted by atomic mass is 16.5. The fraction of sp³-hybridized carbons (Fsp3) is 0.625. The lowest BCUT2D eigenvalue weighted by atomic mass is 9.62. The van der Waals surface area contributed by atoms with Crippen molar-refractivity contribution >= 4 is 17.8 Å². The van der Waals surface area contributed by atoms with Crippen molar-refractivity contribution in [3.05, 3.63) is 35.4 Å². The number of fused-ring (bicyclic) bond motifs is 2. The van der Waals surface area contributed by atoms with Gasteiger partial charge in [0.15, 0.2) is 6.10 Å². The molecule has 3 fully saturated rings. The predicted molar refractivity (Wildman–Crippen MR) is 121 cm³/mol. The number of ether oxygens (including phenoxy) is 2. The molecular formula is C24H34N2O8. The first-order valence-electron chi connectivity index (χ1n) is 11.6. The first kappa shape index (κ1) is 26.1. The Morgan fingerprint density at radius 3 is 2.29 bits per heavy atom. The zero-order valence-electron chi connectivity index (χ0n) is 19.4. The average Bonchev–Trinajstić information content (AvgIpc) is 2.75. The predicted octanol–water partition coefficient (Wildman–Crippen LogP) is 0.912. The van der Waals surface area contributed by atoms with Crippen LogP contribution in [0.3, 0.4) is 0 Å². The Morgan fingerprint density at radius 2 is 1.85 bits per heavy atom. The maximum atomic E-state index is 11.6. The molecule has 1 aromatic rings. The number of carbonyl (C=O) groups excluding carboxylic acids is 1. The second-order valence-corrected chi connectivity index (χ2v) is 9.34. The number of primary amides is 1. The summed E-state index contributed by atoms with van der Waals surface area (Å²) in [6.07, 6.45) is 1.06. The van der Waals surface area contributed by atoms with Crippen molar-refractivity contribution in [2.75, 3.05) is 40.0 Å². The van der Waals surface area contributed by atoms with Gasteiger partial charge in [0.25, 0.3) is 0 Å². The maximum absolute atomic E-state index is 11.6. The molecule has 5 N–H and O–H groups in total. The Morgan fingerprint density at radius 1 is 1.21 bits per heavy atom. The van der Waals surface area contributed by atoms with Crippen LogP contribution >= 0.6 is 0 Å². The molecule has 2 aliphatic heterocycles. The second-order valence-electron chi connectivity index (χ2n) is 9.34. The molecule has 1 unspecified atom stereocenters.